The molecular formula is C13H15N7O. The fraction of sp³-hybridized carbons (Fsp3) is 0.538. The van der Waals surface area contributed by atoms with Gasteiger partial charge in [-0.15, -0.1) is 5.10 Å². The monoisotopic (exact) mass is 285 g/mol. The van der Waals surface area contributed by atoms with Crippen LogP contribution in [0.1, 0.15) is 36.1 Å². The van der Waals surface area contributed by atoms with Gasteiger partial charge in [0.15, 0.2) is 0 Å². The summed E-state index contributed by atoms with van der Waals surface area (Å²) < 4.78 is 1.43. The molecule has 8 heteroatoms. The summed E-state index contributed by atoms with van der Waals surface area (Å²) in [5.41, 5.74) is 1.24. The molecule has 0 atom stereocenters. The first-order chi connectivity index (χ1) is 10.3. The molecule has 1 amide bonds. The minimum absolute atomic E-state index is 0.0214. The van der Waals surface area contributed by atoms with Gasteiger partial charge in [0.05, 0.1) is 5.92 Å². The predicted molar refractivity (Wildman–Crippen MR) is 71.1 cm³/mol. The van der Waals surface area contributed by atoms with E-state index in [2.05, 4.69) is 25.5 Å². The van der Waals surface area contributed by atoms with Crippen molar-refractivity contribution in [3.63, 3.8) is 0 Å². The Morgan fingerprint density at radius 1 is 1.19 bits per heavy atom. The Morgan fingerprint density at radius 3 is 2.57 bits per heavy atom. The van der Waals surface area contributed by atoms with Gasteiger partial charge in [-0.2, -0.15) is 0 Å². The molecule has 0 N–H and O–H groups in total. The largest absolute Gasteiger partial charge is 0.339 e. The molecule has 2 aliphatic rings. The van der Waals surface area contributed by atoms with Crippen LogP contribution in [0, 0.1) is 0 Å². The van der Waals surface area contributed by atoms with Crippen LogP contribution in [0.25, 0.3) is 0 Å². The van der Waals surface area contributed by atoms with Crippen LogP contribution in [0.5, 0.6) is 0 Å². The maximum atomic E-state index is 12.0. The predicted octanol–water partition coefficient (Wildman–Crippen LogP) is -0.0335. The second kappa shape index (κ2) is 4.87. The molecule has 8 nitrogen and oxygen atoms in total. The van der Waals surface area contributed by atoms with E-state index in [0.717, 1.165) is 5.82 Å². The van der Waals surface area contributed by atoms with Gasteiger partial charge in [-0.05, 0) is 34.7 Å². The van der Waals surface area contributed by atoms with Gasteiger partial charge in [0.25, 0.3) is 0 Å². The summed E-state index contributed by atoms with van der Waals surface area (Å²) in [6, 6.07) is 0. The summed E-state index contributed by atoms with van der Waals surface area (Å²) in [6.45, 7) is 1.52. The van der Waals surface area contributed by atoms with Gasteiger partial charge in [-0.25, -0.2) is 14.6 Å². The van der Waals surface area contributed by atoms with E-state index in [9.17, 15) is 4.79 Å². The summed E-state index contributed by atoms with van der Waals surface area (Å²) in [4.78, 5) is 22.7. The Balaban J connectivity index is 1.32. The van der Waals surface area contributed by atoms with Crippen molar-refractivity contribution in [1.82, 2.24) is 35.1 Å². The van der Waals surface area contributed by atoms with Crippen LogP contribution in [0.3, 0.4) is 0 Å². The lowest BCUT2D eigenvalue weighted by Crippen LogP contribution is -2.50. The summed E-state index contributed by atoms with van der Waals surface area (Å²) in [7, 11) is 0. The summed E-state index contributed by atoms with van der Waals surface area (Å²) >= 11 is 0. The molecule has 0 aromatic carbocycles. The van der Waals surface area contributed by atoms with E-state index in [1.807, 2.05) is 12.4 Å². The normalized spacial score (nSPS) is 18.6. The molecule has 0 radical (unpaired) electrons. The molecule has 2 aromatic heterocycles. The molecule has 3 heterocycles. The number of hydrogen-bond donors (Lipinski definition) is 0. The highest BCUT2D eigenvalue weighted by molar-refractivity contribution is 5.77. The quantitative estimate of drug-likeness (QED) is 0.783. The second-order valence-electron chi connectivity index (χ2n) is 5.65. The van der Waals surface area contributed by atoms with Gasteiger partial charge in [0.2, 0.25) is 5.91 Å². The van der Waals surface area contributed by atoms with Gasteiger partial charge in [-0.1, -0.05) is 0 Å². The number of tetrazole rings is 1. The fourth-order valence-electron chi connectivity index (χ4n) is 2.52. The zero-order chi connectivity index (χ0) is 14.2. The Kier molecular flexibility index (Phi) is 2.87. The Morgan fingerprint density at radius 2 is 1.95 bits per heavy atom. The van der Waals surface area contributed by atoms with Gasteiger partial charge in [-0.3, -0.25) is 4.79 Å². The number of hydrogen-bond acceptors (Lipinski definition) is 6. The maximum Gasteiger partial charge on any atom is 0.244 e. The van der Waals surface area contributed by atoms with Gasteiger partial charge in [0.1, 0.15) is 18.7 Å². The Labute approximate surface area is 121 Å². The van der Waals surface area contributed by atoms with Crippen LogP contribution in [-0.4, -0.2) is 54.1 Å². The van der Waals surface area contributed by atoms with E-state index < -0.39 is 0 Å². The molecule has 108 valence electrons. The molecule has 1 aliphatic carbocycles. The van der Waals surface area contributed by atoms with Crippen LogP contribution in [-0.2, 0) is 11.3 Å². The van der Waals surface area contributed by atoms with Crippen molar-refractivity contribution >= 4 is 5.91 Å². The van der Waals surface area contributed by atoms with Crippen molar-refractivity contribution in [2.24, 2.45) is 0 Å². The number of rotatable bonds is 4. The highest BCUT2D eigenvalue weighted by Crippen LogP contribution is 2.39. The lowest BCUT2D eigenvalue weighted by Gasteiger charge is -2.38. The van der Waals surface area contributed by atoms with Crippen LogP contribution in [0.15, 0.2) is 18.7 Å². The highest BCUT2D eigenvalue weighted by Gasteiger charge is 2.34. The second-order valence-corrected chi connectivity index (χ2v) is 5.65. The topological polar surface area (TPSA) is 89.7 Å². The standard InChI is InChI=1S/C13H15N7O/c21-12(7-20-8-16-17-18-20)19-5-11(6-19)13-14-3-10(4-15-13)9-1-2-9/h3-4,8-9,11H,1-2,5-7H2. The van der Waals surface area contributed by atoms with Gasteiger partial charge >= 0.3 is 0 Å². The average molecular weight is 285 g/mol. The van der Waals surface area contributed by atoms with Crippen LogP contribution in [0.2, 0.25) is 0 Å². The van der Waals surface area contributed by atoms with Crippen molar-refractivity contribution in [1.29, 1.82) is 0 Å². The van der Waals surface area contributed by atoms with Crippen LogP contribution >= 0.6 is 0 Å². The number of aromatic nitrogens is 6. The van der Waals surface area contributed by atoms with Crippen LogP contribution in [0.4, 0.5) is 0 Å². The van der Waals surface area contributed by atoms with Crippen molar-refractivity contribution in [3.8, 4) is 0 Å². The lowest BCUT2D eigenvalue weighted by atomic mass is 9.99. The Bertz CT molecular complexity index is 629. The van der Waals surface area contributed by atoms with Crippen molar-refractivity contribution in [2.45, 2.75) is 31.2 Å². The zero-order valence-electron chi connectivity index (χ0n) is 11.5. The smallest absolute Gasteiger partial charge is 0.244 e. The van der Waals surface area contributed by atoms with E-state index in [-0.39, 0.29) is 18.4 Å². The molecule has 2 fully saturated rings. The summed E-state index contributed by atoms with van der Waals surface area (Å²) in [5.74, 6) is 1.78. The molecule has 1 saturated carbocycles. The third-order valence-electron chi connectivity index (χ3n) is 4.03. The minimum atomic E-state index is 0.0214. The van der Waals surface area contributed by atoms with Crippen molar-refractivity contribution < 1.29 is 4.79 Å². The molecule has 0 unspecified atom stereocenters. The zero-order valence-corrected chi connectivity index (χ0v) is 11.5. The molecular weight excluding hydrogens is 270 g/mol. The SMILES string of the molecule is O=C(Cn1cnnn1)N1CC(c2ncc(C3CC3)cn2)C1. The molecule has 4 rings (SSSR count). The number of amides is 1. The first-order valence-corrected chi connectivity index (χ1v) is 7.10. The number of carbonyl (C=O) groups is 1. The first-order valence-electron chi connectivity index (χ1n) is 7.10. The maximum absolute atomic E-state index is 12.0. The molecule has 1 aliphatic heterocycles. The average Bonchev–Trinajstić information content (AvgIpc) is 3.17. The minimum Gasteiger partial charge on any atom is -0.339 e. The van der Waals surface area contributed by atoms with Crippen molar-refractivity contribution in [2.75, 3.05) is 13.1 Å². The Hall–Kier alpha value is -2.38. The lowest BCUT2D eigenvalue weighted by molar-refractivity contribution is -0.136. The molecule has 21 heavy (non-hydrogen) atoms. The molecule has 0 bridgehead atoms. The third-order valence-corrected chi connectivity index (χ3v) is 4.03. The van der Waals surface area contributed by atoms with E-state index >= 15 is 0 Å². The highest BCUT2D eigenvalue weighted by atomic mass is 16.2. The fourth-order valence-corrected chi connectivity index (χ4v) is 2.52. The first kappa shape index (κ1) is 12.4. The van der Waals surface area contributed by atoms with E-state index in [0.29, 0.717) is 19.0 Å². The number of carbonyl (C=O) groups excluding carboxylic acids is 1. The van der Waals surface area contributed by atoms with E-state index in [4.69, 9.17) is 0 Å². The van der Waals surface area contributed by atoms with Gasteiger partial charge in [0, 0.05) is 25.5 Å². The van der Waals surface area contributed by atoms with Crippen molar-refractivity contribution in [3.05, 3.63) is 30.1 Å². The number of nitrogens with zero attached hydrogens (tertiary/aromatic N) is 7. The van der Waals surface area contributed by atoms with Crippen LogP contribution < -0.4 is 0 Å². The summed E-state index contributed by atoms with van der Waals surface area (Å²) in [6.07, 6.45) is 7.82. The molecule has 0 spiro atoms. The van der Waals surface area contributed by atoms with E-state index in [1.165, 1.54) is 29.4 Å². The summed E-state index contributed by atoms with van der Waals surface area (Å²) in [5, 5.41) is 10.7. The molecule has 2 aromatic rings. The third kappa shape index (κ3) is 2.48. The van der Waals surface area contributed by atoms with E-state index in [1.54, 1.807) is 4.90 Å². The molecule has 1 saturated heterocycles. The van der Waals surface area contributed by atoms with Gasteiger partial charge < -0.3 is 4.90 Å². The number of likely N-dealkylation sites (tertiary alicyclic amines) is 1.